The van der Waals surface area contributed by atoms with Gasteiger partial charge < -0.3 is 20.3 Å². The molecule has 158 valence electrons. The molecule has 0 aromatic carbocycles. The lowest BCUT2D eigenvalue weighted by atomic mass is 10.1. The molecule has 1 saturated carbocycles. The van der Waals surface area contributed by atoms with Gasteiger partial charge in [-0.3, -0.25) is 14.6 Å². The maximum atomic E-state index is 12.9. The van der Waals surface area contributed by atoms with E-state index in [1.54, 1.807) is 4.90 Å². The Morgan fingerprint density at radius 2 is 1.75 bits per heavy atom. The van der Waals surface area contributed by atoms with Crippen molar-refractivity contribution in [1.29, 1.82) is 0 Å². The molecule has 28 heavy (non-hydrogen) atoms. The van der Waals surface area contributed by atoms with Crippen molar-refractivity contribution in [3.63, 3.8) is 0 Å². The van der Waals surface area contributed by atoms with Crippen molar-refractivity contribution in [2.24, 2.45) is 10.7 Å². The minimum Gasteiger partial charge on any atom is -0.394 e. The Labute approximate surface area is 169 Å². The molecule has 2 N–H and O–H groups in total. The number of ether oxygens (including phenoxy) is 1. The monoisotopic (exact) mass is 392 g/mol. The Hall–Kier alpha value is -1.89. The summed E-state index contributed by atoms with van der Waals surface area (Å²) >= 11 is 0. The number of rotatable bonds is 7. The molecule has 2 fully saturated rings. The second-order valence-corrected chi connectivity index (χ2v) is 7.86. The minimum absolute atomic E-state index is 0.00273. The standard InChI is InChI=1S/C21H36N4O3/c1-5-10-24(11-6-2)19(26)12-23-18-9-7-8-17(18)20(22)21(27)25-13-15(3)28-16(4)14-25/h15-16H,5-14,22H2,1-4H3/b20-17-,23-18?/t15-,16+. The second kappa shape index (κ2) is 10.6. The average molecular weight is 393 g/mol. The smallest absolute Gasteiger partial charge is 0.270 e. The molecule has 0 unspecified atom stereocenters. The number of carbonyl (C=O) groups is 2. The van der Waals surface area contributed by atoms with Crippen LogP contribution in [0, 0.1) is 0 Å². The highest BCUT2D eigenvalue weighted by molar-refractivity contribution is 6.09. The van der Waals surface area contributed by atoms with Crippen LogP contribution in [0.4, 0.5) is 0 Å². The fraction of sp³-hybridized carbons (Fsp3) is 0.762. The number of hydrogen-bond donors (Lipinski definition) is 1. The quantitative estimate of drug-likeness (QED) is 0.672. The average Bonchev–Trinajstić information content (AvgIpc) is 3.12. The number of allylic oxidation sites excluding steroid dienone is 1. The predicted molar refractivity (Wildman–Crippen MR) is 111 cm³/mol. The molecule has 0 bridgehead atoms. The Kier molecular flexibility index (Phi) is 8.48. The second-order valence-electron chi connectivity index (χ2n) is 7.86. The van der Waals surface area contributed by atoms with Crippen molar-refractivity contribution in [2.45, 2.75) is 72.0 Å². The highest BCUT2D eigenvalue weighted by Crippen LogP contribution is 2.25. The predicted octanol–water partition coefficient (Wildman–Crippen LogP) is 2.11. The van der Waals surface area contributed by atoms with Crippen LogP contribution in [0.25, 0.3) is 0 Å². The van der Waals surface area contributed by atoms with Crippen LogP contribution in [-0.4, -0.2) is 72.3 Å². The zero-order chi connectivity index (χ0) is 20.7. The first-order valence-corrected chi connectivity index (χ1v) is 10.6. The summed E-state index contributed by atoms with van der Waals surface area (Å²) in [6.07, 6.45) is 4.31. The van der Waals surface area contributed by atoms with Gasteiger partial charge in [0.1, 0.15) is 12.2 Å². The Bertz CT molecular complexity index is 613. The van der Waals surface area contributed by atoms with Gasteiger partial charge in [0.15, 0.2) is 0 Å². The van der Waals surface area contributed by atoms with Gasteiger partial charge in [-0.25, -0.2) is 0 Å². The third-order valence-corrected chi connectivity index (χ3v) is 5.20. The lowest BCUT2D eigenvalue weighted by Gasteiger charge is -2.35. The maximum absolute atomic E-state index is 12.9. The van der Waals surface area contributed by atoms with E-state index in [1.807, 2.05) is 18.7 Å². The van der Waals surface area contributed by atoms with E-state index in [4.69, 9.17) is 10.5 Å². The molecule has 1 heterocycles. The summed E-state index contributed by atoms with van der Waals surface area (Å²) in [5.41, 5.74) is 8.19. The number of nitrogens with zero attached hydrogens (tertiary/aromatic N) is 3. The van der Waals surface area contributed by atoms with Crippen LogP contribution in [0.1, 0.15) is 59.8 Å². The van der Waals surface area contributed by atoms with Crippen molar-refractivity contribution in [1.82, 2.24) is 9.80 Å². The number of nitrogens with two attached hydrogens (primary N) is 1. The van der Waals surface area contributed by atoms with E-state index >= 15 is 0 Å². The molecule has 7 nitrogen and oxygen atoms in total. The summed E-state index contributed by atoms with van der Waals surface area (Å²) in [5, 5.41) is 0. The first-order chi connectivity index (χ1) is 13.4. The minimum atomic E-state index is -0.142. The van der Waals surface area contributed by atoms with Crippen LogP contribution in [0.3, 0.4) is 0 Å². The molecular formula is C21H36N4O3. The molecule has 0 aromatic heterocycles. The number of carbonyl (C=O) groups excluding carboxylic acids is 2. The molecule has 2 amide bonds. The summed E-state index contributed by atoms with van der Waals surface area (Å²) in [6.45, 7) is 10.8. The maximum Gasteiger partial charge on any atom is 0.270 e. The zero-order valence-corrected chi connectivity index (χ0v) is 17.9. The summed E-state index contributed by atoms with van der Waals surface area (Å²) < 4.78 is 5.70. The van der Waals surface area contributed by atoms with Crippen molar-refractivity contribution in [2.75, 3.05) is 32.7 Å². The van der Waals surface area contributed by atoms with Crippen LogP contribution in [0.2, 0.25) is 0 Å². The molecule has 1 saturated heterocycles. The van der Waals surface area contributed by atoms with E-state index in [2.05, 4.69) is 18.8 Å². The van der Waals surface area contributed by atoms with E-state index in [9.17, 15) is 9.59 Å². The summed E-state index contributed by atoms with van der Waals surface area (Å²) in [7, 11) is 0. The van der Waals surface area contributed by atoms with Crippen LogP contribution in [0.15, 0.2) is 16.3 Å². The van der Waals surface area contributed by atoms with Crippen LogP contribution in [-0.2, 0) is 14.3 Å². The molecule has 1 aliphatic carbocycles. The van der Waals surface area contributed by atoms with E-state index < -0.39 is 0 Å². The lowest BCUT2D eigenvalue weighted by Crippen LogP contribution is -2.49. The van der Waals surface area contributed by atoms with Gasteiger partial charge in [-0.15, -0.1) is 0 Å². The van der Waals surface area contributed by atoms with Gasteiger partial charge in [-0.2, -0.15) is 0 Å². The number of amides is 2. The van der Waals surface area contributed by atoms with Gasteiger partial charge in [0, 0.05) is 37.5 Å². The SMILES string of the molecule is CCCN(CCC)C(=O)CN=C1CCC/C1=C(/N)C(=O)N1C[C@@H](C)O[C@@H](C)C1. The van der Waals surface area contributed by atoms with E-state index in [0.717, 1.165) is 56.5 Å². The van der Waals surface area contributed by atoms with E-state index in [0.29, 0.717) is 13.1 Å². The van der Waals surface area contributed by atoms with E-state index in [-0.39, 0.29) is 36.3 Å². The largest absolute Gasteiger partial charge is 0.394 e. The van der Waals surface area contributed by atoms with Crippen molar-refractivity contribution < 1.29 is 14.3 Å². The third-order valence-electron chi connectivity index (χ3n) is 5.20. The highest BCUT2D eigenvalue weighted by atomic mass is 16.5. The van der Waals surface area contributed by atoms with Gasteiger partial charge in [0.2, 0.25) is 5.91 Å². The molecule has 2 rings (SSSR count). The zero-order valence-electron chi connectivity index (χ0n) is 17.9. The summed E-state index contributed by atoms with van der Waals surface area (Å²) in [4.78, 5) is 33.6. The Balaban J connectivity index is 2.10. The molecule has 0 spiro atoms. The number of hydrogen-bond acceptors (Lipinski definition) is 5. The first-order valence-electron chi connectivity index (χ1n) is 10.6. The summed E-state index contributed by atoms with van der Waals surface area (Å²) in [5.74, 6) is -0.0975. The fourth-order valence-electron chi connectivity index (χ4n) is 4.00. The molecule has 1 aliphatic heterocycles. The molecule has 0 radical (unpaired) electrons. The third kappa shape index (κ3) is 5.80. The normalized spacial score (nSPS) is 25.9. The van der Waals surface area contributed by atoms with Crippen LogP contribution >= 0.6 is 0 Å². The van der Waals surface area contributed by atoms with Gasteiger partial charge in [0.05, 0.1) is 12.2 Å². The highest BCUT2D eigenvalue weighted by Gasteiger charge is 2.30. The van der Waals surface area contributed by atoms with Gasteiger partial charge in [-0.05, 0) is 46.0 Å². The topological polar surface area (TPSA) is 88.2 Å². The molecular weight excluding hydrogens is 356 g/mol. The first kappa shape index (κ1) is 22.4. The summed E-state index contributed by atoms with van der Waals surface area (Å²) in [6, 6.07) is 0. The van der Waals surface area contributed by atoms with Gasteiger partial charge >= 0.3 is 0 Å². The molecule has 0 aromatic rings. The van der Waals surface area contributed by atoms with Gasteiger partial charge in [-0.1, -0.05) is 13.8 Å². The van der Waals surface area contributed by atoms with Crippen molar-refractivity contribution in [3.05, 3.63) is 11.3 Å². The number of aliphatic imine (C=N–C) groups is 1. The number of morpholine rings is 1. The molecule has 7 heteroatoms. The van der Waals surface area contributed by atoms with E-state index in [1.165, 1.54) is 0 Å². The lowest BCUT2D eigenvalue weighted by molar-refractivity contribution is -0.139. The molecule has 2 atom stereocenters. The Morgan fingerprint density at radius 3 is 2.32 bits per heavy atom. The van der Waals surface area contributed by atoms with Gasteiger partial charge in [0.25, 0.3) is 5.91 Å². The fourth-order valence-corrected chi connectivity index (χ4v) is 4.00. The van der Waals surface area contributed by atoms with Crippen LogP contribution < -0.4 is 5.73 Å². The van der Waals surface area contributed by atoms with Crippen molar-refractivity contribution in [3.8, 4) is 0 Å². The Morgan fingerprint density at radius 1 is 1.14 bits per heavy atom. The molecule has 2 aliphatic rings. The van der Waals surface area contributed by atoms with Crippen molar-refractivity contribution >= 4 is 17.5 Å². The van der Waals surface area contributed by atoms with Crippen LogP contribution in [0.5, 0.6) is 0 Å².